The van der Waals surface area contributed by atoms with Crippen molar-refractivity contribution in [1.29, 1.82) is 0 Å². The summed E-state index contributed by atoms with van der Waals surface area (Å²) in [7, 11) is -0.540. The molecule has 0 saturated heterocycles. The second kappa shape index (κ2) is 8.54. The molecule has 9 nitrogen and oxygen atoms in total. The van der Waals surface area contributed by atoms with E-state index in [0.717, 1.165) is 27.8 Å². The zero-order chi connectivity index (χ0) is 23.9. The Kier molecular flexibility index (Phi) is 5.54. The Bertz CT molecular complexity index is 1510. The molecule has 4 aromatic rings. The van der Waals surface area contributed by atoms with E-state index >= 15 is 0 Å². The summed E-state index contributed by atoms with van der Waals surface area (Å²) in [5, 5.41) is 11.5. The minimum absolute atomic E-state index is 0.0357. The van der Waals surface area contributed by atoms with Crippen LogP contribution in [0.5, 0.6) is 0 Å². The quantitative estimate of drug-likeness (QED) is 0.442. The van der Waals surface area contributed by atoms with Gasteiger partial charge in [0.1, 0.15) is 5.82 Å². The Morgan fingerprint density at radius 1 is 1.09 bits per heavy atom. The van der Waals surface area contributed by atoms with Gasteiger partial charge in [0.2, 0.25) is 15.9 Å². The van der Waals surface area contributed by atoms with Crippen LogP contribution in [-0.4, -0.2) is 47.5 Å². The Labute approximate surface area is 197 Å². The van der Waals surface area contributed by atoms with Crippen LogP contribution in [0.4, 0.5) is 17.2 Å². The lowest BCUT2D eigenvalue weighted by molar-refractivity contribution is -0.116. The molecular weight excluding hydrogens is 452 g/mol. The molecule has 10 heteroatoms. The average molecular weight is 477 g/mol. The predicted octanol–water partition coefficient (Wildman–Crippen LogP) is 3.36. The first-order valence-electron chi connectivity index (χ1n) is 10.8. The van der Waals surface area contributed by atoms with Crippen molar-refractivity contribution in [1.82, 2.24) is 19.1 Å². The number of pyridine rings is 1. The molecule has 2 aromatic carbocycles. The number of sulfonamides is 1. The Balaban J connectivity index is 1.45. The Morgan fingerprint density at radius 2 is 1.91 bits per heavy atom. The zero-order valence-corrected chi connectivity index (χ0v) is 19.6. The van der Waals surface area contributed by atoms with Gasteiger partial charge in [0, 0.05) is 49.5 Å². The van der Waals surface area contributed by atoms with Gasteiger partial charge in [-0.25, -0.2) is 17.7 Å². The van der Waals surface area contributed by atoms with Crippen LogP contribution < -0.4 is 10.6 Å². The number of aromatic nitrogens is 3. The number of hydrogen-bond donors (Lipinski definition) is 2. The van der Waals surface area contributed by atoms with Gasteiger partial charge < -0.3 is 10.6 Å². The molecule has 0 radical (unpaired) electrons. The van der Waals surface area contributed by atoms with E-state index in [4.69, 9.17) is 0 Å². The fourth-order valence-corrected chi connectivity index (χ4v) is 5.13. The van der Waals surface area contributed by atoms with Gasteiger partial charge in [-0.05, 0) is 41.8 Å². The van der Waals surface area contributed by atoms with E-state index in [-0.39, 0.29) is 10.8 Å². The van der Waals surface area contributed by atoms with E-state index in [2.05, 4.69) is 20.7 Å². The molecular formula is C24H24N6O3S. The summed E-state index contributed by atoms with van der Waals surface area (Å²) in [6, 6.07) is 14.7. The molecule has 0 saturated carbocycles. The van der Waals surface area contributed by atoms with E-state index in [0.29, 0.717) is 30.8 Å². The van der Waals surface area contributed by atoms with Crippen LogP contribution in [0, 0.1) is 0 Å². The number of aryl methyl sites for hydroxylation is 1. The molecule has 5 rings (SSSR count). The zero-order valence-electron chi connectivity index (χ0n) is 18.8. The standard InChI is InChI=1S/C24H24N6O3S/c1-29(2)34(32,33)22-6-4-3-5-17(22)15-30-21-12-23(25-13-18(21)14-26-30)27-19-8-9-20-16(11-19)7-10-24(31)28-20/h3-6,8-9,11-14H,7,10,15H2,1-2H3,(H,25,27)(H,28,31). The van der Waals surface area contributed by atoms with E-state index in [1.165, 1.54) is 18.4 Å². The summed E-state index contributed by atoms with van der Waals surface area (Å²) in [6.45, 7) is 0.300. The van der Waals surface area contributed by atoms with Gasteiger partial charge in [-0.1, -0.05) is 18.2 Å². The first-order chi connectivity index (χ1) is 16.3. The fourth-order valence-electron chi connectivity index (χ4n) is 4.02. The number of carbonyl (C=O) groups excluding carboxylic acids is 1. The fraction of sp³-hybridized carbons (Fsp3) is 0.208. The van der Waals surface area contributed by atoms with Crippen molar-refractivity contribution in [2.45, 2.75) is 24.3 Å². The van der Waals surface area contributed by atoms with Crippen LogP contribution in [0.25, 0.3) is 10.9 Å². The van der Waals surface area contributed by atoms with Crippen LogP contribution in [0.1, 0.15) is 17.5 Å². The monoisotopic (exact) mass is 476 g/mol. The summed E-state index contributed by atoms with van der Waals surface area (Å²) in [5.41, 5.74) is 4.28. The molecule has 0 aliphatic carbocycles. The van der Waals surface area contributed by atoms with Crippen molar-refractivity contribution >= 4 is 44.0 Å². The number of amides is 1. The summed E-state index contributed by atoms with van der Waals surface area (Å²) in [6.07, 6.45) is 4.63. The minimum atomic E-state index is -3.58. The average Bonchev–Trinajstić information content (AvgIpc) is 3.21. The highest BCUT2D eigenvalue weighted by atomic mass is 32.2. The molecule has 3 heterocycles. The molecule has 0 unspecified atom stereocenters. The molecule has 0 bridgehead atoms. The van der Waals surface area contributed by atoms with Gasteiger partial charge in [-0.15, -0.1) is 0 Å². The molecule has 1 aliphatic rings. The van der Waals surface area contributed by atoms with Crippen LogP contribution in [0.15, 0.2) is 65.8 Å². The van der Waals surface area contributed by atoms with E-state index in [9.17, 15) is 13.2 Å². The van der Waals surface area contributed by atoms with Crippen LogP contribution in [-0.2, 0) is 27.8 Å². The molecule has 34 heavy (non-hydrogen) atoms. The maximum Gasteiger partial charge on any atom is 0.242 e. The van der Waals surface area contributed by atoms with Crippen molar-refractivity contribution in [3.8, 4) is 0 Å². The van der Waals surface area contributed by atoms with Crippen molar-refractivity contribution in [2.24, 2.45) is 0 Å². The minimum Gasteiger partial charge on any atom is -0.340 e. The highest BCUT2D eigenvalue weighted by molar-refractivity contribution is 7.89. The lowest BCUT2D eigenvalue weighted by Gasteiger charge is -2.18. The maximum atomic E-state index is 12.8. The summed E-state index contributed by atoms with van der Waals surface area (Å²) >= 11 is 0. The maximum absolute atomic E-state index is 12.8. The third kappa shape index (κ3) is 4.13. The van der Waals surface area contributed by atoms with Gasteiger partial charge in [0.25, 0.3) is 0 Å². The lowest BCUT2D eigenvalue weighted by Crippen LogP contribution is -2.23. The number of anilines is 3. The number of fused-ring (bicyclic) bond motifs is 2. The third-order valence-corrected chi connectivity index (χ3v) is 7.77. The SMILES string of the molecule is CN(C)S(=O)(=O)c1ccccc1Cn1ncc2cnc(Nc3ccc4c(c3)CCC(=O)N4)cc21. The van der Waals surface area contributed by atoms with Gasteiger partial charge in [0.15, 0.2) is 0 Å². The summed E-state index contributed by atoms with van der Waals surface area (Å²) < 4.78 is 28.5. The van der Waals surface area contributed by atoms with Crippen molar-refractivity contribution in [2.75, 3.05) is 24.7 Å². The number of rotatable bonds is 6. The molecule has 0 spiro atoms. The van der Waals surface area contributed by atoms with Gasteiger partial charge in [-0.3, -0.25) is 9.48 Å². The molecule has 174 valence electrons. The Hall–Kier alpha value is -3.76. The van der Waals surface area contributed by atoms with E-state index in [1.807, 2.05) is 30.3 Å². The number of carbonyl (C=O) groups is 1. The second-order valence-corrected chi connectivity index (χ2v) is 10.5. The lowest BCUT2D eigenvalue weighted by atomic mass is 10.0. The largest absolute Gasteiger partial charge is 0.340 e. The molecule has 0 fully saturated rings. The molecule has 1 aliphatic heterocycles. The van der Waals surface area contributed by atoms with E-state index < -0.39 is 10.0 Å². The van der Waals surface area contributed by atoms with Crippen molar-refractivity contribution in [3.05, 3.63) is 72.1 Å². The molecule has 1 amide bonds. The van der Waals surface area contributed by atoms with E-state index in [1.54, 1.807) is 35.3 Å². The molecule has 2 aromatic heterocycles. The normalized spacial score (nSPS) is 13.7. The first-order valence-corrected chi connectivity index (χ1v) is 12.3. The molecule has 2 N–H and O–H groups in total. The topological polar surface area (TPSA) is 109 Å². The van der Waals surface area contributed by atoms with Crippen molar-refractivity contribution in [3.63, 3.8) is 0 Å². The van der Waals surface area contributed by atoms with Crippen molar-refractivity contribution < 1.29 is 13.2 Å². The summed E-state index contributed by atoms with van der Waals surface area (Å²) in [4.78, 5) is 16.3. The summed E-state index contributed by atoms with van der Waals surface area (Å²) in [5.74, 6) is 0.678. The first kappa shape index (κ1) is 22.1. The number of nitrogens with zero attached hydrogens (tertiary/aromatic N) is 4. The Morgan fingerprint density at radius 3 is 2.74 bits per heavy atom. The van der Waals surface area contributed by atoms with Crippen LogP contribution in [0.2, 0.25) is 0 Å². The smallest absolute Gasteiger partial charge is 0.242 e. The number of benzene rings is 2. The highest BCUT2D eigenvalue weighted by Crippen LogP contribution is 2.28. The number of hydrogen-bond acceptors (Lipinski definition) is 6. The third-order valence-electron chi connectivity index (χ3n) is 5.85. The van der Waals surface area contributed by atoms with Crippen LogP contribution >= 0.6 is 0 Å². The van der Waals surface area contributed by atoms with Gasteiger partial charge in [-0.2, -0.15) is 5.10 Å². The van der Waals surface area contributed by atoms with Gasteiger partial charge in [0.05, 0.1) is 23.2 Å². The highest BCUT2D eigenvalue weighted by Gasteiger charge is 2.21. The second-order valence-electron chi connectivity index (χ2n) is 8.37. The van der Waals surface area contributed by atoms with Gasteiger partial charge >= 0.3 is 0 Å². The van der Waals surface area contributed by atoms with Crippen LogP contribution in [0.3, 0.4) is 0 Å². The molecule has 0 atom stereocenters. The number of nitrogens with one attached hydrogen (secondary N) is 2. The predicted molar refractivity (Wildman–Crippen MR) is 131 cm³/mol.